The number of fused-ring (bicyclic) bond motifs is 1. The van der Waals surface area contributed by atoms with Crippen LogP contribution in [-0.2, 0) is 16.0 Å². The maximum absolute atomic E-state index is 12.0. The standard InChI is InChI=1S/C18H26N4O3/c1-24-11-10-22-6-4-15-14-16(2-3-17(15)22)20-18(23)19-5-7-21-8-12-25-13-9-21/h2-4,6,14H,5,7-13H2,1H3,(H2,19,20,23). The Labute approximate surface area is 147 Å². The number of urea groups is 1. The van der Waals surface area contributed by atoms with Crippen molar-refractivity contribution >= 4 is 22.6 Å². The van der Waals surface area contributed by atoms with Gasteiger partial charge in [-0.1, -0.05) is 0 Å². The van der Waals surface area contributed by atoms with Gasteiger partial charge in [0.05, 0.1) is 19.8 Å². The molecule has 136 valence electrons. The molecule has 1 aromatic heterocycles. The zero-order valence-corrected chi connectivity index (χ0v) is 14.7. The third-order valence-electron chi connectivity index (χ3n) is 4.38. The van der Waals surface area contributed by atoms with E-state index >= 15 is 0 Å². The van der Waals surface area contributed by atoms with Crippen LogP contribution in [-0.4, -0.2) is 68.6 Å². The average Bonchev–Trinajstić information content (AvgIpc) is 3.03. The number of ether oxygens (including phenoxy) is 2. The van der Waals surface area contributed by atoms with Crippen molar-refractivity contribution in [2.24, 2.45) is 0 Å². The molecule has 3 rings (SSSR count). The van der Waals surface area contributed by atoms with Gasteiger partial charge in [0.2, 0.25) is 0 Å². The van der Waals surface area contributed by atoms with Crippen LogP contribution in [0.5, 0.6) is 0 Å². The maximum atomic E-state index is 12.0. The van der Waals surface area contributed by atoms with Gasteiger partial charge in [-0.15, -0.1) is 0 Å². The van der Waals surface area contributed by atoms with E-state index in [1.807, 2.05) is 30.5 Å². The Morgan fingerprint density at radius 3 is 2.88 bits per heavy atom. The van der Waals surface area contributed by atoms with E-state index in [1.54, 1.807) is 7.11 Å². The lowest BCUT2D eigenvalue weighted by atomic mass is 10.2. The van der Waals surface area contributed by atoms with E-state index in [0.717, 1.165) is 56.0 Å². The molecule has 2 aromatic rings. The predicted octanol–water partition coefficient (Wildman–Crippen LogP) is 1.74. The van der Waals surface area contributed by atoms with Gasteiger partial charge in [0.15, 0.2) is 0 Å². The second-order valence-electron chi connectivity index (χ2n) is 6.11. The third kappa shape index (κ3) is 4.94. The second-order valence-corrected chi connectivity index (χ2v) is 6.11. The maximum Gasteiger partial charge on any atom is 0.319 e. The lowest BCUT2D eigenvalue weighted by Crippen LogP contribution is -2.42. The first-order valence-corrected chi connectivity index (χ1v) is 8.69. The molecule has 25 heavy (non-hydrogen) atoms. The normalized spacial score (nSPS) is 15.4. The summed E-state index contributed by atoms with van der Waals surface area (Å²) in [7, 11) is 1.70. The molecule has 0 bridgehead atoms. The third-order valence-corrected chi connectivity index (χ3v) is 4.38. The van der Waals surface area contributed by atoms with Crippen LogP contribution in [0.15, 0.2) is 30.5 Å². The SMILES string of the molecule is COCCn1ccc2cc(NC(=O)NCCN3CCOCC3)ccc21. The minimum atomic E-state index is -0.175. The highest BCUT2D eigenvalue weighted by atomic mass is 16.5. The van der Waals surface area contributed by atoms with Crippen molar-refractivity contribution in [3.8, 4) is 0 Å². The fraction of sp³-hybridized carbons (Fsp3) is 0.500. The molecule has 7 heteroatoms. The molecule has 0 radical (unpaired) electrons. The zero-order chi connectivity index (χ0) is 17.5. The van der Waals surface area contributed by atoms with E-state index in [-0.39, 0.29) is 6.03 Å². The van der Waals surface area contributed by atoms with Gasteiger partial charge in [-0.2, -0.15) is 0 Å². The molecule has 2 amide bonds. The van der Waals surface area contributed by atoms with E-state index < -0.39 is 0 Å². The fourth-order valence-corrected chi connectivity index (χ4v) is 2.99. The predicted molar refractivity (Wildman–Crippen MR) is 98.1 cm³/mol. The summed E-state index contributed by atoms with van der Waals surface area (Å²) in [6.07, 6.45) is 2.04. The Bertz CT molecular complexity index is 695. The number of nitrogens with one attached hydrogen (secondary N) is 2. The summed E-state index contributed by atoms with van der Waals surface area (Å²) < 4.78 is 12.6. The summed E-state index contributed by atoms with van der Waals surface area (Å²) in [5.74, 6) is 0. The van der Waals surface area contributed by atoms with Gasteiger partial charge < -0.3 is 24.7 Å². The summed E-state index contributed by atoms with van der Waals surface area (Å²) in [4.78, 5) is 14.3. The Balaban J connectivity index is 1.49. The topological polar surface area (TPSA) is 67.8 Å². The smallest absolute Gasteiger partial charge is 0.319 e. The van der Waals surface area contributed by atoms with Gasteiger partial charge in [-0.05, 0) is 24.3 Å². The number of morpholine rings is 1. The Morgan fingerprint density at radius 1 is 1.24 bits per heavy atom. The van der Waals surface area contributed by atoms with E-state index in [4.69, 9.17) is 9.47 Å². The summed E-state index contributed by atoms with van der Waals surface area (Å²) in [6.45, 7) is 6.37. The molecule has 0 saturated carbocycles. The molecule has 7 nitrogen and oxygen atoms in total. The highest BCUT2D eigenvalue weighted by Crippen LogP contribution is 2.20. The first-order chi connectivity index (χ1) is 12.3. The first kappa shape index (κ1) is 17.7. The fourth-order valence-electron chi connectivity index (χ4n) is 2.99. The summed E-state index contributed by atoms with van der Waals surface area (Å²) in [6, 6.07) is 7.81. The molecule has 1 aromatic carbocycles. The van der Waals surface area contributed by atoms with Crippen molar-refractivity contribution in [1.82, 2.24) is 14.8 Å². The molecular weight excluding hydrogens is 320 g/mol. The van der Waals surface area contributed by atoms with Crippen LogP contribution in [0.3, 0.4) is 0 Å². The lowest BCUT2D eigenvalue weighted by molar-refractivity contribution is 0.0388. The summed E-state index contributed by atoms with van der Waals surface area (Å²) in [5, 5.41) is 6.90. The van der Waals surface area contributed by atoms with Gasteiger partial charge in [0, 0.05) is 62.6 Å². The van der Waals surface area contributed by atoms with Crippen LogP contribution in [0.1, 0.15) is 0 Å². The minimum absolute atomic E-state index is 0.175. The van der Waals surface area contributed by atoms with Crippen molar-refractivity contribution < 1.29 is 14.3 Å². The molecule has 0 atom stereocenters. The van der Waals surface area contributed by atoms with Gasteiger partial charge in [-0.25, -0.2) is 4.79 Å². The molecule has 2 N–H and O–H groups in total. The molecule has 1 aliphatic heterocycles. The van der Waals surface area contributed by atoms with Crippen LogP contribution in [0.25, 0.3) is 10.9 Å². The van der Waals surface area contributed by atoms with Crippen molar-refractivity contribution in [2.75, 3.05) is 58.4 Å². The second kappa shape index (κ2) is 8.84. The number of anilines is 1. The van der Waals surface area contributed by atoms with Gasteiger partial charge in [0.1, 0.15) is 0 Å². The first-order valence-electron chi connectivity index (χ1n) is 8.69. The highest BCUT2D eigenvalue weighted by Gasteiger charge is 2.10. The number of nitrogens with zero attached hydrogens (tertiary/aromatic N) is 2. The summed E-state index contributed by atoms with van der Waals surface area (Å²) >= 11 is 0. The van der Waals surface area contributed by atoms with E-state index in [2.05, 4.69) is 20.1 Å². The Kier molecular flexibility index (Phi) is 6.27. The van der Waals surface area contributed by atoms with Crippen LogP contribution in [0, 0.1) is 0 Å². The number of methoxy groups -OCH3 is 1. The average molecular weight is 346 g/mol. The van der Waals surface area contributed by atoms with Crippen LogP contribution < -0.4 is 10.6 Å². The number of hydrogen-bond acceptors (Lipinski definition) is 4. The van der Waals surface area contributed by atoms with Gasteiger partial charge in [-0.3, -0.25) is 4.90 Å². The Morgan fingerprint density at radius 2 is 2.08 bits per heavy atom. The molecule has 1 fully saturated rings. The number of hydrogen-bond donors (Lipinski definition) is 2. The monoisotopic (exact) mass is 346 g/mol. The minimum Gasteiger partial charge on any atom is -0.383 e. The Hall–Kier alpha value is -2.09. The van der Waals surface area contributed by atoms with Crippen molar-refractivity contribution in [3.05, 3.63) is 30.5 Å². The summed E-state index contributed by atoms with van der Waals surface area (Å²) in [5.41, 5.74) is 1.93. The molecule has 0 unspecified atom stereocenters. The zero-order valence-electron chi connectivity index (χ0n) is 14.7. The number of benzene rings is 1. The molecule has 0 spiro atoms. The van der Waals surface area contributed by atoms with Gasteiger partial charge >= 0.3 is 6.03 Å². The largest absolute Gasteiger partial charge is 0.383 e. The van der Waals surface area contributed by atoms with E-state index in [9.17, 15) is 4.79 Å². The number of carbonyl (C=O) groups excluding carboxylic acids is 1. The number of amides is 2. The van der Waals surface area contributed by atoms with Crippen LogP contribution in [0.4, 0.5) is 10.5 Å². The van der Waals surface area contributed by atoms with E-state index in [0.29, 0.717) is 13.2 Å². The van der Waals surface area contributed by atoms with Crippen LogP contribution in [0.2, 0.25) is 0 Å². The molecular formula is C18H26N4O3. The van der Waals surface area contributed by atoms with Gasteiger partial charge in [0.25, 0.3) is 0 Å². The number of rotatable bonds is 7. The van der Waals surface area contributed by atoms with Crippen LogP contribution >= 0.6 is 0 Å². The number of carbonyl (C=O) groups is 1. The van der Waals surface area contributed by atoms with Crippen molar-refractivity contribution in [1.29, 1.82) is 0 Å². The number of aromatic nitrogens is 1. The van der Waals surface area contributed by atoms with E-state index in [1.165, 1.54) is 0 Å². The molecule has 2 heterocycles. The quantitative estimate of drug-likeness (QED) is 0.801. The lowest BCUT2D eigenvalue weighted by Gasteiger charge is -2.26. The molecule has 1 aliphatic rings. The molecule has 1 saturated heterocycles. The van der Waals surface area contributed by atoms with Crippen molar-refractivity contribution in [2.45, 2.75) is 6.54 Å². The van der Waals surface area contributed by atoms with Crippen molar-refractivity contribution in [3.63, 3.8) is 0 Å². The molecule has 0 aliphatic carbocycles. The highest BCUT2D eigenvalue weighted by molar-refractivity contribution is 5.92.